The average molecular weight is 366 g/mol. The van der Waals surface area contributed by atoms with E-state index in [1.807, 2.05) is 6.07 Å². The Balaban J connectivity index is 2.28. The first kappa shape index (κ1) is 17.8. The van der Waals surface area contributed by atoms with Gasteiger partial charge in [0.05, 0.1) is 15.7 Å². The molecule has 0 aromatic heterocycles. The molecule has 0 spiro atoms. The van der Waals surface area contributed by atoms with Crippen LogP contribution in [-0.4, -0.2) is 17.0 Å². The largest absolute Gasteiger partial charge is 0.477 e. The number of carboxylic acid groups (broad SMARTS) is 1. The molecule has 2 aromatic carbocycles. The summed E-state index contributed by atoms with van der Waals surface area (Å²) in [5, 5.41) is 9.78. The van der Waals surface area contributed by atoms with Crippen LogP contribution in [0.2, 0.25) is 10.0 Å². The van der Waals surface area contributed by atoms with Gasteiger partial charge in [0, 0.05) is 5.56 Å². The lowest BCUT2D eigenvalue weighted by Crippen LogP contribution is -2.20. The van der Waals surface area contributed by atoms with E-state index in [1.54, 1.807) is 24.3 Å². The molecule has 7 heteroatoms. The van der Waals surface area contributed by atoms with Crippen LogP contribution in [0.15, 0.2) is 54.1 Å². The van der Waals surface area contributed by atoms with Gasteiger partial charge in [0.25, 0.3) is 0 Å². The van der Waals surface area contributed by atoms with Gasteiger partial charge in [-0.25, -0.2) is 9.59 Å². The maximum Gasteiger partial charge on any atom is 0.348 e. The number of carbonyl (C=O) groups excluding carboxylic acids is 1. The zero-order valence-corrected chi connectivity index (χ0v) is 13.8. The molecule has 0 aliphatic rings. The molecule has 5 nitrogen and oxygen atoms in total. The Kier molecular flexibility index (Phi) is 5.84. The van der Waals surface area contributed by atoms with Gasteiger partial charge in [-0.1, -0.05) is 59.6 Å². The number of esters is 1. The molecule has 0 radical (unpaired) electrons. The van der Waals surface area contributed by atoms with Crippen LogP contribution in [0.25, 0.3) is 5.70 Å². The first-order chi connectivity index (χ1) is 11.4. The summed E-state index contributed by atoms with van der Waals surface area (Å²) in [5.41, 5.74) is 5.90. The zero-order chi connectivity index (χ0) is 17.7. The first-order valence-electron chi connectivity index (χ1n) is 6.79. The second kappa shape index (κ2) is 7.86. The number of benzene rings is 2. The lowest BCUT2D eigenvalue weighted by Gasteiger charge is -2.10. The molecule has 24 heavy (non-hydrogen) atoms. The van der Waals surface area contributed by atoms with E-state index in [2.05, 4.69) is 0 Å². The highest BCUT2D eigenvalue weighted by molar-refractivity contribution is 6.42. The topological polar surface area (TPSA) is 89.6 Å². The van der Waals surface area contributed by atoms with Gasteiger partial charge in [-0.05, 0) is 17.7 Å². The number of halogens is 2. The van der Waals surface area contributed by atoms with E-state index in [0.29, 0.717) is 0 Å². The molecule has 0 fully saturated rings. The first-order valence-corrected chi connectivity index (χ1v) is 7.55. The minimum atomic E-state index is -1.49. The van der Waals surface area contributed by atoms with E-state index in [9.17, 15) is 14.7 Å². The Hall–Kier alpha value is -2.50. The third-order valence-electron chi connectivity index (χ3n) is 3.13. The molecule has 3 N–H and O–H groups in total. The van der Waals surface area contributed by atoms with Crippen molar-refractivity contribution in [1.29, 1.82) is 0 Å². The normalized spacial score (nSPS) is 11.6. The molecular weight excluding hydrogens is 353 g/mol. The van der Waals surface area contributed by atoms with Gasteiger partial charge < -0.3 is 15.6 Å². The van der Waals surface area contributed by atoms with Crippen molar-refractivity contribution in [1.82, 2.24) is 0 Å². The average Bonchev–Trinajstić information content (AvgIpc) is 2.56. The van der Waals surface area contributed by atoms with Crippen molar-refractivity contribution in [2.75, 3.05) is 0 Å². The Bertz CT molecular complexity index is 803. The summed E-state index contributed by atoms with van der Waals surface area (Å²) in [6.45, 7) is -0.0644. The maximum absolute atomic E-state index is 12.1. The van der Waals surface area contributed by atoms with Crippen molar-refractivity contribution in [3.63, 3.8) is 0 Å². The van der Waals surface area contributed by atoms with Crippen molar-refractivity contribution in [2.45, 2.75) is 6.61 Å². The molecule has 0 heterocycles. The molecule has 124 valence electrons. The highest BCUT2D eigenvalue weighted by atomic mass is 35.5. The van der Waals surface area contributed by atoms with Crippen molar-refractivity contribution in [3.8, 4) is 0 Å². The summed E-state index contributed by atoms with van der Waals surface area (Å²) in [4.78, 5) is 23.5. The number of hydrogen-bond acceptors (Lipinski definition) is 4. The van der Waals surface area contributed by atoms with Crippen LogP contribution in [0, 0.1) is 0 Å². The highest BCUT2D eigenvalue weighted by Crippen LogP contribution is 2.26. The molecular formula is C17H13Cl2NO4. The SMILES string of the molecule is N/C(=C(/C(=O)O)C(=O)OCc1ccccc1)c1ccc(Cl)c(Cl)c1. The molecule has 0 unspecified atom stereocenters. The predicted octanol–water partition coefficient (Wildman–Crippen LogP) is 3.49. The highest BCUT2D eigenvalue weighted by Gasteiger charge is 2.24. The maximum atomic E-state index is 12.1. The third-order valence-corrected chi connectivity index (χ3v) is 3.87. The Morgan fingerprint density at radius 3 is 2.29 bits per heavy atom. The number of nitrogens with two attached hydrogens (primary N) is 1. The second-order valence-electron chi connectivity index (χ2n) is 4.78. The minimum Gasteiger partial charge on any atom is -0.477 e. The lowest BCUT2D eigenvalue weighted by molar-refractivity contribution is -0.145. The number of rotatable bonds is 5. The fraction of sp³-hybridized carbons (Fsp3) is 0.0588. The number of carboxylic acids is 1. The van der Waals surface area contributed by atoms with Crippen molar-refractivity contribution in [2.24, 2.45) is 5.73 Å². The monoisotopic (exact) mass is 365 g/mol. The van der Waals surface area contributed by atoms with Gasteiger partial charge in [-0.15, -0.1) is 0 Å². The standard InChI is InChI=1S/C17H13Cl2NO4/c18-12-7-6-11(8-13(12)19)15(20)14(16(21)22)17(23)24-9-10-4-2-1-3-5-10/h1-8H,9,20H2,(H,21,22)/b15-14-. The van der Waals surface area contributed by atoms with Crippen LogP contribution >= 0.6 is 23.2 Å². The van der Waals surface area contributed by atoms with Crippen LogP contribution in [0.5, 0.6) is 0 Å². The van der Waals surface area contributed by atoms with E-state index < -0.39 is 17.5 Å². The van der Waals surface area contributed by atoms with Gasteiger partial charge in [-0.2, -0.15) is 0 Å². The van der Waals surface area contributed by atoms with Crippen molar-refractivity contribution < 1.29 is 19.4 Å². The molecule has 0 atom stereocenters. The van der Waals surface area contributed by atoms with Crippen molar-refractivity contribution in [3.05, 3.63) is 75.3 Å². The molecule has 0 amide bonds. The summed E-state index contributed by atoms with van der Waals surface area (Å²) < 4.78 is 5.03. The lowest BCUT2D eigenvalue weighted by atomic mass is 10.1. The van der Waals surface area contributed by atoms with Gasteiger partial charge in [0.15, 0.2) is 5.57 Å². The zero-order valence-electron chi connectivity index (χ0n) is 12.3. The molecule has 0 aliphatic heterocycles. The smallest absolute Gasteiger partial charge is 0.348 e. The number of ether oxygens (including phenoxy) is 1. The van der Waals surface area contributed by atoms with Gasteiger partial charge in [0.1, 0.15) is 6.61 Å². The van der Waals surface area contributed by atoms with E-state index in [4.69, 9.17) is 33.7 Å². The molecule has 2 aromatic rings. The summed E-state index contributed by atoms with van der Waals surface area (Å²) >= 11 is 11.7. The van der Waals surface area contributed by atoms with Gasteiger partial charge in [-0.3, -0.25) is 0 Å². The molecule has 0 aliphatic carbocycles. The van der Waals surface area contributed by atoms with Crippen LogP contribution < -0.4 is 5.73 Å². The van der Waals surface area contributed by atoms with Gasteiger partial charge >= 0.3 is 11.9 Å². The predicted molar refractivity (Wildman–Crippen MR) is 91.4 cm³/mol. The summed E-state index contributed by atoms with van der Waals surface area (Å²) in [5.74, 6) is -2.52. The number of hydrogen-bond donors (Lipinski definition) is 2. The van der Waals surface area contributed by atoms with E-state index >= 15 is 0 Å². The molecule has 0 saturated carbocycles. The van der Waals surface area contributed by atoms with E-state index in [1.165, 1.54) is 18.2 Å². The van der Waals surface area contributed by atoms with Crippen LogP contribution in [0.3, 0.4) is 0 Å². The fourth-order valence-corrected chi connectivity index (χ4v) is 2.21. The Morgan fingerprint density at radius 1 is 1.04 bits per heavy atom. The molecule has 0 bridgehead atoms. The number of aliphatic carboxylic acids is 1. The minimum absolute atomic E-state index is 0.0644. The quantitative estimate of drug-likeness (QED) is 0.366. The number of carbonyl (C=O) groups is 2. The summed E-state index contributed by atoms with van der Waals surface area (Å²) in [6.07, 6.45) is 0. The Morgan fingerprint density at radius 2 is 1.71 bits per heavy atom. The van der Waals surface area contributed by atoms with Crippen LogP contribution in [0.1, 0.15) is 11.1 Å². The third kappa shape index (κ3) is 4.28. The molecule has 2 rings (SSSR count). The second-order valence-corrected chi connectivity index (χ2v) is 5.60. The van der Waals surface area contributed by atoms with Crippen LogP contribution in [0.4, 0.5) is 0 Å². The molecule has 0 saturated heterocycles. The van der Waals surface area contributed by atoms with Crippen molar-refractivity contribution >= 4 is 40.8 Å². The van der Waals surface area contributed by atoms with E-state index in [-0.39, 0.29) is 27.9 Å². The van der Waals surface area contributed by atoms with Gasteiger partial charge in [0.2, 0.25) is 0 Å². The summed E-state index contributed by atoms with van der Waals surface area (Å²) in [6, 6.07) is 13.2. The van der Waals surface area contributed by atoms with Crippen LogP contribution in [-0.2, 0) is 20.9 Å². The Labute approximate surface area is 148 Å². The summed E-state index contributed by atoms with van der Waals surface area (Å²) in [7, 11) is 0. The van der Waals surface area contributed by atoms with E-state index in [0.717, 1.165) is 5.56 Å². The fourth-order valence-electron chi connectivity index (χ4n) is 1.92.